The van der Waals surface area contributed by atoms with Gasteiger partial charge in [-0.1, -0.05) is 46.3 Å². The molecule has 3 nitrogen and oxygen atoms in total. The summed E-state index contributed by atoms with van der Waals surface area (Å²) in [5.41, 5.74) is 1.09. The van der Waals surface area contributed by atoms with E-state index in [0.717, 1.165) is 4.47 Å². The van der Waals surface area contributed by atoms with Gasteiger partial charge in [-0.25, -0.2) is 0 Å². The summed E-state index contributed by atoms with van der Waals surface area (Å²) < 4.78 is 6.04. The first-order chi connectivity index (χ1) is 9.67. The van der Waals surface area contributed by atoms with Crippen molar-refractivity contribution < 1.29 is 9.53 Å². The molecule has 0 aliphatic rings. The molecule has 0 radical (unpaired) electrons. The second kappa shape index (κ2) is 6.36. The smallest absolute Gasteiger partial charge is 0.188 e. The fourth-order valence-electron chi connectivity index (χ4n) is 1.95. The molecule has 0 spiro atoms. The van der Waals surface area contributed by atoms with Crippen molar-refractivity contribution >= 4 is 21.7 Å². The highest BCUT2D eigenvalue weighted by molar-refractivity contribution is 9.10. The Bertz CT molecular complexity index is 662. The van der Waals surface area contributed by atoms with E-state index in [1.165, 1.54) is 7.11 Å². The van der Waals surface area contributed by atoms with Gasteiger partial charge in [0.1, 0.15) is 11.7 Å². The molecule has 2 aromatic carbocycles. The van der Waals surface area contributed by atoms with Crippen LogP contribution >= 0.6 is 15.9 Å². The molecule has 20 heavy (non-hydrogen) atoms. The van der Waals surface area contributed by atoms with Gasteiger partial charge in [-0.05, 0) is 23.8 Å². The normalized spacial score (nSPS) is 11.4. The molecule has 0 aliphatic heterocycles. The van der Waals surface area contributed by atoms with Crippen molar-refractivity contribution in [2.75, 3.05) is 7.11 Å². The Morgan fingerprint density at radius 2 is 1.95 bits per heavy atom. The van der Waals surface area contributed by atoms with Crippen molar-refractivity contribution in [3.8, 4) is 11.8 Å². The van der Waals surface area contributed by atoms with Gasteiger partial charge in [0.2, 0.25) is 0 Å². The van der Waals surface area contributed by atoms with Crippen molar-refractivity contribution in [1.82, 2.24) is 0 Å². The van der Waals surface area contributed by atoms with Gasteiger partial charge in [-0.2, -0.15) is 5.26 Å². The first kappa shape index (κ1) is 14.3. The fourth-order valence-corrected chi connectivity index (χ4v) is 2.29. The number of halogens is 1. The number of rotatable bonds is 4. The zero-order valence-electron chi connectivity index (χ0n) is 10.8. The van der Waals surface area contributed by atoms with Crippen molar-refractivity contribution in [2.45, 2.75) is 5.92 Å². The number of hydrogen-bond acceptors (Lipinski definition) is 3. The molecule has 0 saturated carbocycles. The van der Waals surface area contributed by atoms with Gasteiger partial charge in [0.05, 0.1) is 18.7 Å². The van der Waals surface area contributed by atoms with Crippen LogP contribution in [-0.4, -0.2) is 12.9 Å². The third kappa shape index (κ3) is 2.89. The van der Waals surface area contributed by atoms with Gasteiger partial charge in [0, 0.05) is 4.47 Å². The Morgan fingerprint density at radius 3 is 2.55 bits per heavy atom. The van der Waals surface area contributed by atoms with Crippen molar-refractivity contribution in [3.05, 3.63) is 64.1 Å². The third-order valence-corrected chi connectivity index (χ3v) is 3.45. The van der Waals surface area contributed by atoms with Gasteiger partial charge in [-0.15, -0.1) is 0 Å². The highest BCUT2D eigenvalue weighted by Gasteiger charge is 2.24. The summed E-state index contributed by atoms with van der Waals surface area (Å²) in [6.07, 6.45) is 0. The summed E-state index contributed by atoms with van der Waals surface area (Å²) in [5.74, 6) is -0.630. The molecule has 100 valence electrons. The first-order valence-electron chi connectivity index (χ1n) is 5.99. The quantitative estimate of drug-likeness (QED) is 0.798. The minimum Gasteiger partial charge on any atom is -0.496 e. The van der Waals surface area contributed by atoms with E-state index >= 15 is 0 Å². The number of nitriles is 1. The highest BCUT2D eigenvalue weighted by Crippen LogP contribution is 2.28. The summed E-state index contributed by atoms with van der Waals surface area (Å²) >= 11 is 3.33. The lowest BCUT2D eigenvalue weighted by Gasteiger charge is -2.12. The topological polar surface area (TPSA) is 50.1 Å². The lowest BCUT2D eigenvalue weighted by molar-refractivity contribution is 0.0976. The standard InChI is InChI=1S/C16H12BrNO2/c1-20-15-9-12(17)7-8-13(15)16(19)14(10-18)11-5-3-2-4-6-11/h2-9,14H,1H3. The Labute approximate surface area is 125 Å². The first-order valence-corrected chi connectivity index (χ1v) is 6.79. The predicted molar refractivity (Wildman–Crippen MR) is 79.8 cm³/mol. The molecule has 0 amide bonds. The number of ketones is 1. The van der Waals surface area contributed by atoms with Crippen LogP contribution in [0.1, 0.15) is 21.8 Å². The Hall–Kier alpha value is -2.12. The third-order valence-electron chi connectivity index (χ3n) is 2.95. The number of methoxy groups -OCH3 is 1. The molecule has 0 saturated heterocycles. The number of ether oxygens (including phenoxy) is 1. The monoisotopic (exact) mass is 329 g/mol. The predicted octanol–water partition coefficient (Wildman–Crippen LogP) is 3.95. The maximum absolute atomic E-state index is 12.5. The van der Waals surface area contributed by atoms with Crippen LogP contribution < -0.4 is 4.74 Å². The van der Waals surface area contributed by atoms with Crippen molar-refractivity contribution in [3.63, 3.8) is 0 Å². The summed E-state index contributed by atoms with van der Waals surface area (Å²) in [6, 6.07) is 16.2. The van der Waals surface area contributed by atoms with E-state index in [1.54, 1.807) is 30.3 Å². The fraction of sp³-hybridized carbons (Fsp3) is 0.125. The average molecular weight is 330 g/mol. The zero-order chi connectivity index (χ0) is 14.5. The lowest BCUT2D eigenvalue weighted by Crippen LogP contribution is -2.12. The molecule has 2 aromatic rings. The maximum Gasteiger partial charge on any atom is 0.188 e. The second-order valence-electron chi connectivity index (χ2n) is 4.18. The van der Waals surface area contributed by atoms with Gasteiger partial charge in [-0.3, -0.25) is 4.79 Å². The van der Waals surface area contributed by atoms with Crippen LogP contribution in [-0.2, 0) is 0 Å². The average Bonchev–Trinajstić information content (AvgIpc) is 2.48. The second-order valence-corrected chi connectivity index (χ2v) is 5.10. The van der Waals surface area contributed by atoms with E-state index in [4.69, 9.17) is 4.74 Å². The number of carbonyl (C=O) groups excluding carboxylic acids is 1. The van der Waals surface area contributed by atoms with Crippen LogP contribution in [0.5, 0.6) is 5.75 Å². The minimum absolute atomic E-state index is 0.261. The molecule has 0 bridgehead atoms. The summed E-state index contributed by atoms with van der Waals surface area (Å²) in [6.45, 7) is 0. The minimum atomic E-state index is -0.828. The van der Waals surface area contributed by atoms with E-state index in [0.29, 0.717) is 16.9 Å². The van der Waals surface area contributed by atoms with Crippen LogP contribution in [0.25, 0.3) is 0 Å². The SMILES string of the molecule is COc1cc(Br)ccc1C(=O)C(C#N)c1ccccc1. The van der Waals surface area contributed by atoms with E-state index < -0.39 is 5.92 Å². The summed E-state index contributed by atoms with van der Waals surface area (Å²) in [4.78, 5) is 12.5. The molecular weight excluding hydrogens is 318 g/mol. The van der Waals surface area contributed by atoms with E-state index in [1.807, 2.05) is 18.2 Å². The zero-order valence-corrected chi connectivity index (χ0v) is 12.4. The number of benzene rings is 2. The number of carbonyl (C=O) groups is 1. The Balaban J connectivity index is 2.42. The Morgan fingerprint density at radius 1 is 1.25 bits per heavy atom. The molecular formula is C16H12BrNO2. The number of nitrogens with zero attached hydrogens (tertiary/aromatic N) is 1. The summed E-state index contributed by atoms with van der Waals surface area (Å²) in [5, 5.41) is 9.31. The maximum atomic E-state index is 12.5. The van der Waals surface area contributed by atoms with Gasteiger partial charge in [0.15, 0.2) is 5.78 Å². The van der Waals surface area contributed by atoms with Gasteiger partial charge < -0.3 is 4.74 Å². The van der Waals surface area contributed by atoms with Crippen molar-refractivity contribution in [1.29, 1.82) is 5.26 Å². The van der Waals surface area contributed by atoms with E-state index in [-0.39, 0.29) is 5.78 Å². The molecule has 0 aromatic heterocycles. The van der Waals surface area contributed by atoms with Crippen molar-refractivity contribution in [2.24, 2.45) is 0 Å². The number of Topliss-reactive ketones (excluding diaryl/α,β-unsaturated/α-hetero) is 1. The molecule has 4 heteroatoms. The van der Waals surface area contributed by atoms with Crippen LogP contribution in [0.4, 0.5) is 0 Å². The molecule has 0 heterocycles. The lowest BCUT2D eigenvalue weighted by atomic mass is 9.91. The molecule has 2 rings (SSSR count). The molecule has 0 aliphatic carbocycles. The molecule has 1 unspecified atom stereocenters. The van der Waals surface area contributed by atoms with E-state index in [9.17, 15) is 10.1 Å². The summed E-state index contributed by atoms with van der Waals surface area (Å²) in [7, 11) is 1.50. The largest absolute Gasteiger partial charge is 0.496 e. The highest BCUT2D eigenvalue weighted by atomic mass is 79.9. The van der Waals surface area contributed by atoms with Crippen LogP contribution in [0.15, 0.2) is 53.0 Å². The Kier molecular flexibility index (Phi) is 4.54. The van der Waals surface area contributed by atoms with Crippen LogP contribution in [0.3, 0.4) is 0 Å². The molecule has 0 N–H and O–H groups in total. The molecule has 1 atom stereocenters. The van der Waals surface area contributed by atoms with Gasteiger partial charge in [0.25, 0.3) is 0 Å². The van der Waals surface area contributed by atoms with E-state index in [2.05, 4.69) is 22.0 Å². The van der Waals surface area contributed by atoms with Crippen LogP contribution in [0.2, 0.25) is 0 Å². The molecule has 0 fully saturated rings. The van der Waals surface area contributed by atoms with Gasteiger partial charge >= 0.3 is 0 Å². The number of hydrogen-bond donors (Lipinski definition) is 0. The van der Waals surface area contributed by atoms with Crippen LogP contribution in [0, 0.1) is 11.3 Å².